The van der Waals surface area contributed by atoms with Crippen LogP contribution >= 0.6 is 0 Å². The van der Waals surface area contributed by atoms with Crippen molar-refractivity contribution in [2.45, 2.75) is 61.8 Å². The van der Waals surface area contributed by atoms with E-state index < -0.39 is 0 Å². The number of carbonyl (C=O) groups is 1. The molecule has 3 heteroatoms. The van der Waals surface area contributed by atoms with E-state index in [0.717, 1.165) is 6.42 Å². The molecule has 0 spiro atoms. The molecule has 19 heavy (non-hydrogen) atoms. The van der Waals surface area contributed by atoms with Crippen molar-refractivity contribution in [3.05, 3.63) is 24.6 Å². The Morgan fingerprint density at radius 1 is 1.26 bits per heavy atom. The number of nitrogens with zero attached hydrogens (tertiary/aromatic N) is 1. The predicted octanol–water partition coefficient (Wildman–Crippen LogP) is 4.74. The van der Waals surface area contributed by atoms with Crippen molar-refractivity contribution in [2.75, 3.05) is 0 Å². The van der Waals surface area contributed by atoms with E-state index in [0.29, 0.717) is 11.6 Å². The van der Waals surface area contributed by atoms with Crippen LogP contribution in [0, 0.1) is 5.92 Å². The van der Waals surface area contributed by atoms with Gasteiger partial charge in [-0.15, -0.1) is 0 Å². The molecular weight excluding hydrogens is 236 g/mol. The van der Waals surface area contributed by atoms with Gasteiger partial charge in [0.05, 0.1) is 0 Å². The molecule has 2 N–H and O–H groups in total. The Bertz CT molecular complexity index is 241. The topological polar surface area (TPSA) is 55.4 Å². The van der Waals surface area contributed by atoms with E-state index in [-0.39, 0.29) is 5.78 Å². The van der Waals surface area contributed by atoms with Gasteiger partial charge in [0.15, 0.2) is 0 Å². The van der Waals surface area contributed by atoms with Gasteiger partial charge in [-0.05, 0) is 25.8 Å². The molecule has 0 amide bonds. The molecule has 0 atom stereocenters. The average Bonchev–Trinajstić information content (AvgIpc) is 2.39. The van der Waals surface area contributed by atoms with Crippen LogP contribution in [-0.4, -0.2) is 12.0 Å². The summed E-state index contributed by atoms with van der Waals surface area (Å²) in [6.45, 7) is 19.0. The highest BCUT2D eigenvalue weighted by molar-refractivity contribution is 5.75. The molecule has 0 aliphatic heterocycles. The quantitative estimate of drug-likeness (QED) is 0.592. The first-order valence-corrected chi connectivity index (χ1v) is 6.99. The molecule has 0 heterocycles. The maximum atomic E-state index is 10.3. The number of nitrogens with two attached hydrogens (primary N) is 1. The van der Waals surface area contributed by atoms with E-state index in [4.69, 9.17) is 5.73 Å². The third-order valence-corrected chi connectivity index (χ3v) is 1.30. The minimum atomic E-state index is 0.287. The number of hydrogen-bond donors (Lipinski definition) is 1. The molecule has 0 aromatic heterocycles. The highest BCUT2D eigenvalue weighted by Crippen LogP contribution is 1.97. The van der Waals surface area contributed by atoms with E-state index in [2.05, 4.69) is 11.6 Å². The minimum Gasteiger partial charge on any atom is -0.398 e. The SMILES string of the molecule is C=C/C(N)=C\N=CC.CC.CC.CC(=O)CC(C)C. The van der Waals surface area contributed by atoms with Gasteiger partial charge in [0.1, 0.15) is 5.78 Å². The summed E-state index contributed by atoms with van der Waals surface area (Å²) in [6, 6.07) is 0. The molecule has 0 fully saturated rings. The Morgan fingerprint density at radius 2 is 1.68 bits per heavy atom. The summed E-state index contributed by atoms with van der Waals surface area (Å²) >= 11 is 0. The molecule has 0 radical (unpaired) electrons. The van der Waals surface area contributed by atoms with Gasteiger partial charge in [-0.25, -0.2) is 0 Å². The largest absolute Gasteiger partial charge is 0.398 e. The Labute approximate surface area is 120 Å². The fraction of sp³-hybridized carbons (Fsp3) is 0.625. The summed E-state index contributed by atoms with van der Waals surface area (Å²) in [5.41, 5.74) is 5.87. The smallest absolute Gasteiger partial charge is 0.130 e. The van der Waals surface area contributed by atoms with E-state index in [1.165, 1.54) is 0 Å². The molecule has 3 nitrogen and oxygen atoms in total. The number of rotatable bonds is 4. The Kier molecular flexibility index (Phi) is 35.2. The van der Waals surface area contributed by atoms with Gasteiger partial charge in [-0.3, -0.25) is 4.99 Å². The number of hydrogen-bond acceptors (Lipinski definition) is 3. The molecule has 0 rings (SSSR count). The van der Waals surface area contributed by atoms with Crippen LogP contribution in [-0.2, 0) is 4.79 Å². The van der Waals surface area contributed by atoms with Gasteiger partial charge >= 0.3 is 0 Å². The molecule has 0 saturated carbocycles. The molecule has 0 aromatic rings. The molecular formula is C16H34N2O. The number of Topliss-reactive ketones (excluding diaryl/α,β-unsaturated/α-hetero) is 1. The summed E-state index contributed by atoms with van der Waals surface area (Å²) in [6.07, 6.45) is 5.48. The first-order chi connectivity index (χ1) is 8.93. The first kappa shape index (κ1) is 26.2. The second-order valence-corrected chi connectivity index (χ2v) is 3.54. The molecule has 0 aliphatic carbocycles. The average molecular weight is 270 g/mol. The minimum absolute atomic E-state index is 0.287. The zero-order valence-corrected chi connectivity index (χ0v) is 14.2. The van der Waals surface area contributed by atoms with E-state index in [9.17, 15) is 4.79 Å². The Morgan fingerprint density at radius 3 is 1.84 bits per heavy atom. The summed E-state index contributed by atoms with van der Waals surface area (Å²) < 4.78 is 0. The van der Waals surface area contributed by atoms with Crippen molar-refractivity contribution < 1.29 is 4.79 Å². The lowest BCUT2D eigenvalue weighted by Crippen LogP contribution is -1.95. The van der Waals surface area contributed by atoms with Gasteiger partial charge in [0.25, 0.3) is 0 Å². The zero-order valence-electron chi connectivity index (χ0n) is 14.2. The second-order valence-electron chi connectivity index (χ2n) is 3.54. The third-order valence-electron chi connectivity index (χ3n) is 1.30. The van der Waals surface area contributed by atoms with Crippen LogP contribution < -0.4 is 5.73 Å². The van der Waals surface area contributed by atoms with Gasteiger partial charge < -0.3 is 10.5 Å². The van der Waals surface area contributed by atoms with Gasteiger partial charge in [-0.2, -0.15) is 0 Å². The predicted molar refractivity (Wildman–Crippen MR) is 89.5 cm³/mol. The highest BCUT2D eigenvalue weighted by Gasteiger charge is 1.95. The van der Waals surface area contributed by atoms with Gasteiger partial charge in [0.2, 0.25) is 0 Å². The fourth-order valence-electron chi connectivity index (χ4n) is 0.788. The van der Waals surface area contributed by atoms with Crippen LogP contribution in [0.2, 0.25) is 0 Å². The van der Waals surface area contributed by atoms with E-state index in [1.807, 2.05) is 48.5 Å². The number of allylic oxidation sites excluding steroid dienone is 1. The second kappa shape index (κ2) is 25.5. The highest BCUT2D eigenvalue weighted by atomic mass is 16.1. The maximum Gasteiger partial charge on any atom is 0.130 e. The standard InChI is InChI=1S/C6H10N2.C6H12O.2C2H6/c1-3-6(7)5-8-4-2;1-5(2)4-6(3)7;2*1-2/h3-5H,1,7H2,2H3;5H,4H2,1-3H3;2*1-2H3/b6-5+,8-4?;;;. The normalized spacial score (nSPS) is 9.42. The monoisotopic (exact) mass is 270 g/mol. The lowest BCUT2D eigenvalue weighted by Gasteiger charge is -1.95. The first-order valence-electron chi connectivity index (χ1n) is 6.99. The summed E-state index contributed by atoms with van der Waals surface area (Å²) in [7, 11) is 0. The maximum absolute atomic E-state index is 10.3. The number of ketones is 1. The van der Waals surface area contributed by atoms with Crippen molar-refractivity contribution in [1.29, 1.82) is 0 Å². The molecule has 0 aromatic carbocycles. The van der Waals surface area contributed by atoms with Crippen LogP contribution in [0.3, 0.4) is 0 Å². The molecule has 0 saturated heterocycles. The summed E-state index contributed by atoms with van der Waals surface area (Å²) in [5.74, 6) is 0.813. The fourth-order valence-corrected chi connectivity index (χ4v) is 0.788. The summed E-state index contributed by atoms with van der Waals surface area (Å²) in [5, 5.41) is 0. The van der Waals surface area contributed by atoms with Crippen LogP contribution in [0.1, 0.15) is 61.8 Å². The van der Waals surface area contributed by atoms with Crippen LogP contribution in [0.15, 0.2) is 29.5 Å². The third kappa shape index (κ3) is 47.8. The van der Waals surface area contributed by atoms with Crippen molar-refractivity contribution in [3.8, 4) is 0 Å². The molecule has 0 bridgehead atoms. The van der Waals surface area contributed by atoms with E-state index in [1.54, 1.807) is 25.4 Å². The Balaban J connectivity index is -0.0000000941. The van der Waals surface area contributed by atoms with Crippen LogP contribution in [0.25, 0.3) is 0 Å². The van der Waals surface area contributed by atoms with Gasteiger partial charge in [0, 0.05) is 24.5 Å². The lowest BCUT2D eigenvalue weighted by molar-refractivity contribution is -0.117. The van der Waals surface area contributed by atoms with Crippen molar-refractivity contribution in [3.63, 3.8) is 0 Å². The van der Waals surface area contributed by atoms with Crippen molar-refractivity contribution in [2.24, 2.45) is 16.6 Å². The van der Waals surface area contributed by atoms with Crippen molar-refractivity contribution >= 4 is 12.0 Å². The number of carbonyl (C=O) groups excluding carboxylic acids is 1. The summed E-state index contributed by atoms with van der Waals surface area (Å²) in [4.78, 5) is 14.0. The molecule has 0 unspecified atom stereocenters. The Hall–Kier alpha value is -1.38. The molecule has 114 valence electrons. The van der Waals surface area contributed by atoms with Gasteiger partial charge in [-0.1, -0.05) is 48.1 Å². The van der Waals surface area contributed by atoms with Crippen LogP contribution in [0.4, 0.5) is 0 Å². The molecule has 0 aliphatic rings. The number of aliphatic imine (C=N–C) groups is 1. The zero-order chi connectivity index (χ0) is 16.3. The van der Waals surface area contributed by atoms with Crippen molar-refractivity contribution in [1.82, 2.24) is 0 Å². The lowest BCUT2D eigenvalue weighted by atomic mass is 10.1. The van der Waals surface area contributed by atoms with E-state index >= 15 is 0 Å². The van der Waals surface area contributed by atoms with Crippen LogP contribution in [0.5, 0.6) is 0 Å².